The molecule has 2 N–H and O–H groups in total. The second-order valence-corrected chi connectivity index (χ2v) is 6.37. The van der Waals surface area contributed by atoms with Crippen molar-refractivity contribution in [3.8, 4) is 5.75 Å². The summed E-state index contributed by atoms with van der Waals surface area (Å²) in [5, 5.41) is 13.9. The molecule has 1 fully saturated rings. The number of ether oxygens (including phenoxy) is 1. The Balaban J connectivity index is 2.07. The highest BCUT2D eigenvalue weighted by molar-refractivity contribution is 5.40. The smallest absolute Gasteiger partial charge is 0.122 e. The molecule has 0 aromatic heterocycles. The van der Waals surface area contributed by atoms with Crippen molar-refractivity contribution in [1.82, 2.24) is 10.2 Å². The molecule has 1 aromatic rings. The van der Waals surface area contributed by atoms with Crippen LogP contribution in [0.4, 0.5) is 0 Å². The summed E-state index contributed by atoms with van der Waals surface area (Å²) >= 11 is 0. The molecule has 1 heterocycles. The van der Waals surface area contributed by atoms with Gasteiger partial charge in [0, 0.05) is 32.7 Å². The summed E-state index contributed by atoms with van der Waals surface area (Å²) in [6, 6.07) is 6.13. The maximum Gasteiger partial charge on any atom is 0.122 e. The first-order valence-corrected chi connectivity index (χ1v) is 8.49. The van der Waals surface area contributed by atoms with E-state index in [-0.39, 0.29) is 0 Å². The first-order valence-electron chi connectivity index (χ1n) is 8.49. The van der Waals surface area contributed by atoms with Crippen molar-refractivity contribution in [2.24, 2.45) is 0 Å². The van der Waals surface area contributed by atoms with Gasteiger partial charge in [-0.15, -0.1) is 0 Å². The third-order valence-corrected chi connectivity index (χ3v) is 4.14. The van der Waals surface area contributed by atoms with Crippen LogP contribution in [0.2, 0.25) is 0 Å². The molecule has 0 amide bonds. The van der Waals surface area contributed by atoms with Crippen LogP contribution >= 0.6 is 0 Å². The van der Waals surface area contributed by atoms with E-state index < -0.39 is 6.10 Å². The Morgan fingerprint density at radius 2 is 2.00 bits per heavy atom. The number of nitrogens with one attached hydrogen (secondary N) is 1. The second kappa shape index (κ2) is 8.51. The highest BCUT2D eigenvalue weighted by Crippen LogP contribution is 2.30. The van der Waals surface area contributed by atoms with Crippen molar-refractivity contribution in [3.05, 3.63) is 29.3 Å². The molecule has 1 saturated heterocycles. The van der Waals surface area contributed by atoms with Gasteiger partial charge in [-0.25, -0.2) is 0 Å². The van der Waals surface area contributed by atoms with Crippen molar-refractivity contribution in [2.45, 2.75) is 39.2 Å². The van der Waals surface area contributed by atoms with Crippen LogP contribution in [0.15, 0.2) is 18.2 Å². The molecular weight excluding hydrogens is 276 g/mol. The average Bonchev–Trinajstić information content (AvgIpc) is 2.53. The molecule has 4 nitrogen and oxygen atoms in total. The van der Waals surface area contributed by atoms with Gasteiger partial charge in [-0.1, -0.05) is 26.8 Å². The van der Waals surface area contributed by atoms with E-state index in [1.807, 2.05) is 12.1 Å². The van der Waals surface area contributed by atoms with Crippen LogP contribution in [-0.4, -0.2) is 49.3 Å². The summed E-state index contributed by atoms with van der Waals surface area (Å²) in [6.45, 7) is 11.9. The van der Waals surface area contributed by atoms with Crippen LogP contribution in [-0.2, 0) is 0 Å². The van der Waals surface area contributed by atoms with Crippen LogP contribution in [0, 0.1) is 0 Å². The second-order valence-electron chi connectivity index (χ2n) is 6.37. The number of benzene rings is 1. The molecule has 4 heteroatoms. The van der Waals surface area contributed by atoms with Crippen LogP contribution in [0.5, 0.6) is 5.75 Å². The van der Waals surface area contributed by atoms with Crippen LogP contribution < -0.4 is 10.1 Å². The van der Waals surface area contributed by atoms with Gasteiger partial charge in [0.1, 0.15) is 5.75 Å². The molecule has 0 aliphatic carbocycles. The predicted molar refractivity (Wildman–Crippen MR) is 90.6 cm³/mol. The first-order chi connectivity index (χ1) is 10.6. The van der Waals surface area contributed by atoms with Crippen molar-refractivity contribution in [2.75, 3.05) is 39.3 Å². The number of hydrogen-bond donors (Lipinski definition) is 2. The minimum absolute atomic E-state index is 0.387. The van der Waals surface area contributed by atoms with E-state index in [9.17, 15) is 5.11 Å². The minimum atomic E-state index is -0.434. The van der Waals surface area contributed by atoms with Gasteiger partial charge in [0.15, 0.2) is 0 Å². The van der Waals surface area contributed by atoms with Gasteiger partial charge in [-0.3, -0.25) is 4.90 Å². The summed E-state index contributed by atoms with van der Waals surface area (Å²) in [7, 11) is 0. The van der Waals surface area contributed by atoms with E-state index in [0.29, 0.717) is 12.5 Å². The Hall–Kier alpha value is -1.10. The van der Waals surface area contributed by atoms with Crippen molar-refractivity contribution >= 4 is 0 Å². The van der Waals surface area contributed by atoms with Gasteiger partial charge < -0.3 is 15.2 Å². The van der Waals surface area contributed by atoms with E-state index in [4.69, 9.17) is 4.74 Å². The van der Waals surface area contributed by atoms with Gasteiger partial charge in [0.2, 0.25) is 0 Å². The van der Waals surface area contributed by atoms with Crippen molar-refractivity contribution in [1.29, 1.82) is 0 Å². The topological polar surface area (TPSA) is 44.7 Å². The third kappa shape index (κ3) is 4.70. The predicted octanol–water partition coefficient (Wildman–Crippen LogP) is 2.54. The molecular formula is C18H30N2O2. The minimum Gasteiger partial charge on any atom is -0.493 e. The number of rotatable bonds is 7. The van der Waals surface area contributed by atoms with E-state index in [2.05, 4.69) is 37.1 Å². The number of aliphatic hydroxyl groups excluding tert-OH is 1. The quantitative estimate of drug-likeness (QED) is 0.812. The van der Waals surface area contributed by atoms with Gasteiger partial charge in [-0.2, -0.15) is 0 Å². The molecule has 1 atom stereocenters. The Labute approximate surface area is 134 Å². The fourth-order valence-corrected chi connectivity index (χ4v) is 2.81. The third-order valence-electron chi connectivity index (χ3n) is 4.14. The lowest BCUT2D eigenvalue weighted by atomic mass is 9.97. The lowest BCUT2D eigenvalue weighted by Gasteiger charge is -2.29. The van der Waals surface area contributed by atoms with Gasteiger partial charge in [0.05, 0.1) is 12.7 Å². The summed E-state index contributed by atoms with van der Waals surface area (Å²) in [5.74, 6) is 1.34. The van der Waals surface area contributed by atoms with E-state index in [1.54, 1.807) is 0 Å². The van der Waals surface area contributed by atoms with E-state index >= 15 is 0 Å². The fraction of sp³-hybridized carbons (Fsp3) is 0.667. The summed E-state index contributed by atoms with van der Waals surface area (Å²) in [5.41, 5.74) is 2.18. The SMILES string of the molecule is CCCOc1ccc(C(O)CN2CCNCC2)cc1C(C)C. The highest BCUT2D eigenvalue weighted by Gasteiger charge is 2.18. The molecule has 0 saturated carbocycles. The zero-order valence-corrected chi connectivity index (χ0v) is 14.1. The largest absolute Gasteiger partial charge is 0.493 e. The monoisotopic (exact) mass is 306 g/mol. The van der Waals surface area contributed by atoms with E-state index in [1.165, 1.54) is 5.56 Å². The molecule has 0 radical (unpaired) electrons. The number of piperazine rings is 1. The Kier molecular flexibility index (Phi) is 6.68. The van der Waals surface area contributed by atoms with Crippen molar-refractivity contribution < 1.29 is 9.84 Å². The van der Waals surface area contributed by atoms with Gasteiger partial charge in [-0.05, 0) is 35.6 Å². The molecule has 2 rings (SSSR count). The zero-order chi connectivity index (χ0) is 15.9. The number of nitrogens with zero attached hydrogens (tertiary/aromatic N) is 1. The lowest BCUT2D eigenvalue weighted by molar-refractivity contribution is 0.105. The average molecular weight is 306 g/mol. The zero-order valence-electron chi connectivity index (χ0n) is 14.1. The number of β-amino-alcohol motifs (C(OH)–C–C–N with tert-alkyl or cyclic N) is 1. The highest BCUT2D eigenvalue weighted by atomic mass is 16.5. The van der Waals surface area contributed by atoms with Crippen LogP contribution in [0.1, 0.15) is 50.3 Å². The lowest BCUT2D eigenvalue weighted by Crippen LogP contribution is -2.44. The van der Waals surface area contributed by atoms with Crippen LogP contribution in [0.25, 0.3) is 0 Å². The first kappa shape index (κ1) is 17.3. The molecule has 1 aliphatic heterocycles. The molecule has 1 aliphatic rings. The summed E-state index contributed by atoms with van der Waals surface area (Å²) in [4.78, 5) is 2.32. The molecule has 0 bridgehead atoms. The molecule has 0 spiro atoms. The fourth-order valence-electron chi connectivity index (χ4n) is 2.81. The molecule has 124 valence electrons. The normalized spacial score (nSPS) is 17.7. The standard InChI is InChI=1S/C18H30N2O2/c1-4-11-22-18-6-5-15(12-16(18)14(2)3)17(21)13-20-9-7-19-8-10-20/h5-6,12,14,17,19,21H,4,7-11,13H2,1-3H3. The number of hydrogen-bond acceptors (Lipinski definition) is 4. The Morgan fingerprint density at radius 1 is 1.27 bits per heavy atom. The number of aliphatic hydroxyl groups is 1. The van der Waals surface area contributed by atoms with Gasteiger partial charge in [0.25, 0.3) is 0 Å². The van der Waals surface area contributed by atoms with Crippen molar-refractivity contribution in [3.63, 3.8) is 0 Å². The molecule has 1 aromatic carbocycles. The molecule has 1 unspecified atom stereocenters. The maximum absolute atomic E-state index is 10.5. The summed E-state index contributed by atoms with van der Waals surface area (Å²) in [6.07, 6.45) is 0.570. The molecule has 22 heavy (non-hydrogen) atoms. The van der Waals surface area contributed by atoms with Gasteiger partial charge >= 0.3 is 0 Å². The Bertz CT molecular complexity index is 456. The van der Waals surface area contributed by atoms with Crippen LogP contribution in [0.3, 0.4) is 0 Å². The van der Waals surface area contributed by atoms with E-state index in [0.717, 1.165) is 50.5 Å². The summed E-state index contributed by atoms with van der Waals surface area (Å²) < 4.78 is 5.83. The maximum atomic E-state index is 10.5. The Morgan fingerprint density at radius 3 is 2.64 bits per heavy atom.